The molecular weight excluding hydrogens is 401 g/mol. The average Bonchev–Trinajstić information content (AvgIpc) is 3.18. The number of hydrogen-bond acceptors (Lipinski definition) is 7. The highest BCUT2D eigenvalue weighted by Gasteiger charge is 2.33. The van der Waals surface area contributed by atoms with Gasteiger partial charge in [0.2, 0.25) is 5.95 Å². The molecule has 0 saturated carbocycles. The predicted octanol–water partition coefficient (Wildman–Crippen LogP) is 0.0828. The molecule has 1 unspecified atom stereocenters. The lowest BCUT2D eigenvalue weighted by Gasteiger charge is -2.32. The summed E-state index contributed by atoms with van der Waals surface area (Å²) in [7, 11) is 0. The molecule has 0 aromatic carbocycles. The van der Waals surface area contributed by atoms with Crippen LogP contribution in [0.2, 0.25) is 0 Å². The van der Waals surface area contributed by atoms with Crippen LogP contribution in [0.3, 0.4) is 0 Å². The average molecular weight is 419 g/mol. The molecule has 0 aliphatic carbocycles. The fourth-order valence-electron chi connectivity index (χ4n) is 3.17. The maximum atomic E-state index is 13.1. The molecule has 0 amide bonds. The number of hydrogen-bond donors (Lipinski definition) is 2. The number of rotatable bonds is 4. The minimum Gasteiger partial charge on any atom is -0.404 e. The van der Waals surface area contributed by atoms with Crippen molar-refractivity contribution >= 4 is 17.8 Å². The number of fused-ring (bicyclic) bond motifs is 1. The number of imidazole rings is 1. The van der Waals surface area contributed by atoms with E-state index in [1.54, 1.807) is 12.3 Å². The second-order valence-corrected chi connectivity index (χ2v) is 6.52. The monoisotopic (exact) mass is 419 g/mol. The van der Waals surface area contributed by atoms with Crippen LogP contribution in [0.15, 0.2) is 42.6 Å². The lowest BCUT2D eigenvalue weighted by molar-refractivity contribution is -0.141. The third-order valence-corrected chi connectivity index (χ3v) is 4.70. The molecule has 0 spiro atoms. The molecule has 3 aromatic rings. The number of ether oxygens (including phenoxy) is 1. The largest absolute Gasteiger partial charge is 0.434 e. The van der Waals surface area contributed by atoms with E-state index in [0.717, 1.165) is 12.4 Å². The van der Waals surface area contributed by atoms with Gasteiger partial charge in [-0.2, -0.15) is 13.2 Å². The molecule has 4 rings (SSSR count). The van der Waals surface area contributed by atoms with Crippen LogP contribution < -0.4 is 16.0 Å². The molecule has 1 aliphatic rings. The molecule has 4 heterocycles. The summed E-state index contributed by atoms with van der Waals surface area (Å²) < 4.78 is 46.2. The Labute approximate surface area is 168 Å². The van der Waals surface area contributed by atoms with Crippen LogP contribution in [0.25, 0.3) is 17.0 Å². The van der Waals surface area contributed by atoms with Gasteiger partial charge in [-0.25, -0.2) is 19.9 Å². The van der Waals surface area contributed by atoms with Gasteiger partial charge < -0.3 is 15.4 Å². The number of nitrogens with zero attached hydrogens (tertiary/aromatic N) is 6. The Morgan fingerprint density at radius 1 is 1.27 bits per heavy atom. The SMILES string of the molecule is N/C=C(\C=[NH2+])C1CN(c2nccc(-c3cnc4cnc(C(F)(F)F)cn34)n2)CCO1. The van der Waals surface area contributed by atoms with Gasteiger partial charge >= 0.3 is 6.18 Å². The first kappa shape index (κ1) is 19.8. The fourth-order valence-corrected chi connectivity index (χ4v) is 3.17. The molecule has 3 aromatic heterocycles. The van der Waals surface area contributed by atoms with E-state index in [2.05, 4.69) is 19.9 Å². The Kier molecular flexibility index (Phi) is 5.08. The van der Waals surface area contributed by atoms with Crippen LogP contribution in [0, 0.1) is 0 Å². The Bertz CT molecular complexity index is 1110. The molecule has 156 valence electrons. The van der Waals surface area contributed by atoms with Gasteiger partial charge in [-0.15, -0.1) is 0 Å². The first-order chi connectivity index (χ1) is 14.4. The van der Waals surface area contributed by atoms with Crippen molar-refractivity contribution in [3.05, 3.63) is 48.3 Å². The summed E-state index contributed by atoms with van der Waals surface area (Å²) in [6.07, 6.45) is 2.84. The van der Waals surface area contributed by atoms with Gasteiger partial charge in [-0.1, -0.05) is 0 Å². The van der Waals surface area contributed by atoms with Gasteiger partial charge in [0.05, 0.1) is 42.5 Å². The quantitative estimate of drug-likeness (QED) is 0.575. The zero-order valence-electron chi connectivity index (χ0n) is 15.6. The molecule has 9 nitrogen and oxygen atoms in total. The van der Waals surface area contributed by atoms with Crippen molar-refractivity contribution in [1.29, 1.82) is 0 Å². The Morgan fingerprint density at radius 2 is 2.10 bits per heavy atom. The standard InChI is InChI=1S/C18H17F3N8O/c19-18(20,21)15-10-29-13(7-26-16(29)8-25-15)12-1-2-24-17(27-12)28-3-4-30-14(9-28)11(5-22)6-23/h1-2,5-8,10,14,22H,3-4,9,23H2/p+1/b11-6+,22-5?. The van der Waals surface area contributed by atoms with Crippen LogP contribution in [0.4, 0.5) is 19.1 Å². The van der Waals surface area contributed by atoms with E-state index in [0.29, 0.717) is 42.6 Å². The minimum absolute atomic E-state index is 0.279. The predicted molar refractivity (Wildman–Crippen MR) is 101 cm³/mol. The third-order valence-electron chi connectivity index (χ3n) is 4.70. The Morgan fingerprint density at radius 3 is 2.83 bits per heavy atom. The first-order valence-corrected chi connectivity index (χ1v) is 8.97. The van der Waals surface area contributed by atoms with Gasteiger partial charge in [0.25, 0.3) is 0 Å². The smallest absolute Gasteiger partial charge is 0.404 e. The summed E-state index contributed by atoms with van der Waals surface area (Å²) >= 11 is 0. The Balaban J connectivity index is 1.68. The molecule has 1 fully saturated rings. The van der Waals surface area contributed by atoms with E-state index in [1.807, 2.05) is 4.90 Å². The van der Waals surface area contributed by atoms with Crippen molar-refractivity contribution in [1.82, 2.24) is 24.3 Å². The molecule has 0 bridgehead atoms. The fraction of sp³-hybridized carbons (Fsp3) is 0.278. The normalized spacial score (nSPS) is 18.0. The highest BCUT2D eigenvalue weighted by Crippen LogP contribution is 2.29. The highest BCUT2D eigenvalue weighted by atomic mass is 19.4. The van der Waals surface area contributed by atoms with Crippen molar-refractivity contribution < 1.29 is 23.3 Å². The van der Waals surface area contributed by atoms with Gasteiger partial charge in [-0.3, -0.25) is 9.81 Å². The number of halogens is 3. The number of nitrogens with two attached hydrogens (primary N) is 2. The third kappa shape index (κ3) is 3.68. The number of anilines is 1. The molecule has 1 saturated heterocycles. The number of aromatic nitrogens is 5. The molecule has 1 atom stereocenters. The molecule has 30 heavy (non-hydrogen) atoms. The van der Waals surface area contributed by atoms with Crippen molar-refractivity contribution in [2.75, 3.05) is 24.6 Å². The topological polar surface area (TPSA) is 120 Å². The molecule has 4 N–H and O–H groups in total. The maximum absolute atomic E-state index is 13.1. The zero-order chi connectivity index (χ0) is 21.3. The van der Waals surface area contributed by atoms with Gasteiger partial charge in [0.1, 0.15) is 6.10 Å². The number of alkyl halides is 3. The second kappa shape index (κ2) is 7.71. The molecule has 0 radical (unpaired) electrons. The summed E-state index contributed by atoms with van der Waals surface area (Å²) in [4.78, 5) is 18.3. The number of morpholine rings is 1. The molecular formula is C18H18F3N8O+. The summed E-state index contributed by atoms with van der Waals surface area (Å²) in [6.45, 7) is 1.38. The summed E-state index contributed by atoms with van der Waals surface area (Å²) in [5, 5.41) is 5.58. The second-order valence-electron chi connectivity index (χ2n) is 6.52. The molecule has 12 heteroatoms. The molecule has 1 aliphatic heterocycles. The lowest BCUT2D eigenvalue weighted by atomic mass is 10.1. The van der Waals surface area contributed by atoms with E-state index in [4.69, 9.17) is 15.9 Å². The maximum Gasteiger partial charge on any atom is 0.434 e. The highest BCUT2D eigenvalue weighted by molar-refractivity contribution is 5.74. The van der Waals surface area contributed by atoms with Crippen molar-refractivity contribution in [3.63, 3.8) is 0 Å². The summed E-state index contributed by atoms with van der Waals surface area (Å²) in [6, 6.07) is 1.61. The van der Waals surface area contributed by atoms with Crippen LogP contribution in [0.1, 0.15) is 5.69 Å². The van der Waals surface area contributed by atoms with Crippen molar-refractivity contribution in [2.24, 2.45) is 5.73 Å². The van der Waals surface area contributed by atoms with Crippen molar-refractivity contribution in [3.8, 4) is 11.4 Å². The minimum atomic E-state index is -4.57. The van der Waals surface area contributed by atoms with Gasteiger partial charge in [-0.05, 0) is 6.07 Å². The lowest BCUT2D eigenvalue weighted by Crippen LogP contribution is -2.46. The van der Waals surface area contributed by atoms with Crippen LogP contribution in [0.5, 0.6) is 0 Å². The summed E-state index contributed by atoms with van der Waals surface area (Å²) in [5.74, 6) is 0.411. The van der Waals surface area contributed by atoms with E-state index >= 15 is 0 Å². The van der Waals surface area contributed by atoms with Crippen LogP contribution in [-0.2, 0) is 10.9 Å². The van der Waals surface area contributed by atoms with Crippen molar-refractivity contribution in [2.45, 2.75) is 12.3 Å². The first-order valence-electron chi connectivity index (χ1n) is 8.97. The van der Waals surface area contributed by atoms with Gasteiger partial charge in [0.15, 0.2) is 17.6 Å². The van der Waals surface area contributed by atoms with E-state index in [-0.39, 0.29) is 11.8 Å². The van der Waals surface area contributed by atoms with Gasteiger partial charge in [0, 0.05) is 25.1 Å². The van der Waals surface area contributed by atoms with E-state index < -0.39 is 11.9 Å². The van der Waals surface area contributed by atoms with E-state index in [1.165, 1.54) is 23.0 Å². The van der Waals surface area contributed by atoms with Crippen LogP contribution >= 0.6 is 0 Å². The van der Waals surface area contributed by atoms with Crippen LogP contribution in [-0.4, -0.2) is 56.4 Å². The van der Waals surface area contributed by atoms with E-state index in [9.17, 15) is 13.2 Å². The summed E-state index contributed by atoms with van der Waals surface area (Å²) in [5.41, 5.74) is 6.31. The zero-order valence-corrected chi connectivity index (χ0v) is 15.6. The Hall–Kier alpha value is -3.54.